The number of carbonyl (C=O) groups is 1. The standard InChI is InChI=1S/C9H17NO4/c1-4-12-8-6-7(10(3)14-8)9(11)13-5-2/h7-8H,4-6H2,1-3H3/t7-,8+/m1/s1. The van der Waals surface area contributed by atoms with E-state index in [2.05, 4.69) is 0 Å². The van der Waals surface area contributed by atoms with Crippen LogP contribution in [-0.4, -0.2) is 43.6 Å². The van der Waals surface area contributed by atoms with E-state index in [1.807, 2.05) is 6.92 Å². The maximum atomic E-state index is 11.4. The number of hydrogen-bond acceptors (Lipinski definition) is 5. The van der Waals surface area contributed by atoms with E-state index < -0.39 is 0 Å². The fourth-order valence-electron chi connectivity index (χ4n) is 1.40. The first-order valence-electron chi connectivity index (χ1n) is 4.86. The van der Waals surface area contributed by atoms with Gasteiger partial charge >= 0.3 is 5.97 Å². The summed E-state index contributed by atoms with van der Waals surface area (Å²) >= 11 is 0. The Labute approximate surface area is 83.9 Å². The smallest absolute Gasteiger partial charge is 0.325 e. The van der Waals surface area contributed by atoms with Crippen molar-refractivity contribution in [3.05, 3.63) is 0 Å². The SMILES string of the molecule is CCOC(=O)[C@H]1C[C@@H](OCC)ON1C. The first-order chi connectivity index (χ1) is 6.69. The van der Waals surface area contributed by atoms with Gasteiger partial charge in [-0.15, -0.1) is 0 Å². The van der Waals surface area contributed by atoms with Gasteiger partial charge in [0.2, 0.25) is 0 Å². The monoisotopic (exact) mass is 203 g/mol. The van der Waals surface area contributed by atoms with Gasteiger partial charge < -0.3 is 9.47 Å². The van der Waals surface area contributed by atoms with E-state index in [0.29, 0.717) is 19.6 Å². The summed E-state index contributed by atoms with van der Waals surface area (Å²) in [4.78, 5) is 16.7. The van der Waals surface area contributed by atoms with Gasteiger partial charge in [-0.1, -0.05) is 0 Å². The lowest BCUT2D eigenvalue weighted by atomic mass is 10.2. The number of nitrogens with zero attached hydrogens (tertiary/aromatic N) is 1. The molecule has 0 aliphatic carbocycles. The fraction of sp³-hybridized carbons (Fsp3) is 0.889. The second-order valence-electron chi connectivity index (χ2n) is 3.04. The largest absolute Gasteiger partial charge is 0.465 e. The van der Waals surface area contributed by atoms with Crippen molar-refractivity contribution in [3.8, 4) is 0 Å². The van der Waals surface area contributed by atoms with Crippen LogP contribution in [0.15, 0.2) is 0 Å². The molecular weight excluding hydrogens is 186 g/mol. The Morgan fingerprint density at radius 2 is 2.21 bits per heavy atom. The van der Waals surface area contributed by atoms with Crippen LogP contribution in [-0.2, 0) is 19.1 Å². The van der Waals surface area contributed by atoms with Crippen molar-refractivity contribution in [2.45, 2.75) is 32.6 Å². The second kappa shape index (κ2) is 5.29. The Kier molecular flexibility index (Phi) is 4.31. The maximum Gasteiger partial charge on any atom is 0.325 e. The first kappa shape index (κ1) is 11.4. The molecule has 2 atom stereocenters. The van der Waals surface area contributed by atoms with E-state index in [9.17, 15) is 4.79 Å². The molecule has 1 fully saturated rings. The number of hydroxylamine groups is 2. The Balaban J connectivity index is 2.43. The molecule has 1 heterocycles. The Bertz CT molecular complexity index is 197. The molecule has 14 heavy (non-hydrogen) atoms. The Morgan fingerprint density at radius 1 is 1.50 bits per heavy atom. The molecule has 0 N–H and O–H groups in total. The van der Waals surface area contributed by atoms with Gasteiger partial charge in [0.15, 0.2) is 6.29 Å². The molecule has 0 aromatic heterocycles. The van der Waals surface area contributed by atoms with Crippen LogP contribution < -0.4 is 0 Å². The molecule has 0 saturated carbocycles. The average Bonchev–Trinajstić information content (AvgIpc) is 2.48. The zero-order chi connectivity index (χ0) is 10.6. The van der Waals surface area contributed by atoms with E-state index in [1.165, 1.54) is 5.06 Å². The maximum absolute atomic E-state index is 11.4. The van der Waals surface area contributed by atoms with Crippen molar-refractivity contribution in [2.24, 2.45) is 0 Å². The van der Waals surface area contributed by atoms with E-state index >= 15 is 0 Å². The van der Waals surface area contributed by atoms with E-state index in [1.54, 1.807) is 14.0 Å². The van der Waals surface area contributed by atoms with Crippen LogP contribution in [0, 0.1) is 0 Å². The lowest BCUT2D eigenvalue weighted by Crippen LogP contribution is -2.33. The van der Waals surface area contributed by atoms with Gasteiger partial charge in [-0.25, -0.2) is 0 Å². The van der Waals surface area contributed by atoms with E-state index in [-0.39, 0.29) is 18.3 Å². The quantitative estimate of drug-likeness (QED) is 0.624. The lowest BCUT2D eigenvalue weighted by Gasteiger charge is -2.14. The summed E-state index contributed by atoms with van der Waals surface area (Å²) in [6.07, 6.45) is 0.211. The van der Waals surface area contributed by atoms with Gasteiger partial charge in [0, 0.05) is 20.1 Å². The van der Waals surface area contributed by atoms with Crippen LogP contribution in [0.25, 0.3) is 0 Å². The molecule has 0 aromatic rings. The number of likely N-dealkylation sites (N-methyl/N-ethyl adjacent to an activating group) is 1. The molecule has 1 aliphatic rings. The van der Waals surface area contributed by atoms with Gasteiger partial charge in [0.1, 0.15) is 6.04 Å². The highest BCUT2D eigenvalue weighted by Gasteiger charge is 2.37. The third-order valence-electron chi connectivity index (χ3n) is 2.05. The van der Waals surface area contributed by atoms with Gasteiger partial charge in [0.05, 0.1) is 6.61 Å². The minimum absolute atomic E-state index is 0.253. The third-order valence-corrected chi connectivity index (χ3v) is 2.05. The summed E-state index contributed by atoms with van der Waals surface area (Å²) in [6, 6.07) is -0.341. The fourth-order valence-corrected chi connectivity index (χ4v) is 1.40. The van der Waals surface area contributed by atoms with Crippen LogP contribution in [0.5, 0.6) is 0 Å². The zero-order valence-electron chi connectivity index (χ0n) is 8.86. The average molecular weight is 203 g/mol. The van der Waals surface area contributed by atoms with Gasteiger partial charge in [-0.05, 0) is 13.8 Å². The minimum Gasteiger partial charge on any atom is -0.465 e. The summed E-state index contributed by atoms with van der Waals surface area (Å²) in [7, 11) is 1.71. The van der Waals surface area contributed by atoms with Crippen molar-refractivity contribution < 1.29 is 19.1 Å². The Hall–Kier alpha value is -0.650. The molecule has 5 nitrogen and oxygen atoms in total. The number of ether oxygens (including phenoxy) is 2. The number of esters is 1. The summed E-state index contributed by atoms with van der Waals surface area (Å²) in [5, 5.41) is 1.50. The van der Waals surface area contributed by atoms with Crippen molar-refractivity contribution in [2.75, 3.05) is 20.3 Å². The molecule has 0 spiro atoms. The molecule has 5 heteroatoms. The van der Waals surface area contributed by atoms with Crippen LogP contribution in [0.4, 0.5) is 0 Å². The first-order valence-corrected chi connectivity index (χ1v) is 4.86. The van der Waals surface area contributed by atoms with Crippen LogP contribution in [0.3, 0.4) is 0 Å². The molecule has 0 amide bonds. The van der Waals surface area contributed by atoms with Crippen LogP contribution in [0.2, 0.25) is 0 Å². The highest BCUT2D eigenvalue weighted by molar-refractivity contribution is 5.75. The molecule has 0 radical (unpaired) electrons. The molecular formula is C9H17NO4. The molecule has 82 valence electrons. The highest BCUT2D eigenvalue weighted by Crippen LogP contribution is 2.20. The summed E-state index contributed by atoms with van der Waals surface area (Å²) in [6.45, 7) is 4.64. The molecule has 1 aliphatic heterocycles. The van der Waals surface area contributed by atoms with Crippen molar-refractivity contribution in [1.29, 1.82) is 0 Å². The number of carbonyl (C=O) groups excluding carboxylic acids is 1. The Morgan fingerprint density at radius 3 is 2.79 bits per heavy atom. The second-order valence-corrected chi connectivity index (χ2v) is 3.04. The van der Waals surface area contributed by atoms with Crippen LogP contribution in [0.1, 0.15) is 20.3 Å². The minimum atomic E-state index is -0.341. The van der Waals surface area contributed by atoms with Crippen molar-refractivity contribution in [3.63, 3.8) is 0 Å². The van der Waals surface area contributed by atoms with E-state index in [4.69, 9.17) is 14.3 Å². The third kappa shape index (κ3) is 2.67. The van der Waals surface area contributed by atoms with Gasteiger partial charge in [0.25, 0.3) is 0 Å². The molecule has 1 saturated heterocycles. The molecule has 0 aromatic carbocycles. The van der Waals surface area contributed by atoms with E-state index in [0.717, 1.165) is 0 Å². The highest BCUT2D eigenvalue weighted by atomic mass is 16.8. The molecule has 1 rings (SSSR count). The van der Waals surface area contributed by atoms with Crippen LogP contribution >= 0.6 is 0 Å². The predicted molar refractivity (Wildman–Crippen MR) is 49.3 cm³/mol. The molecule has 0 unspecified atom stereocenters. The summed E-state index contributed by atoms with van der Waals surface area (Å²) in [5.74, 6) is -0.253. The van der Waals surface area contributed by atoms with Crippen molar-refractivity contribution >= 4 is 5.97 Å². The topological polar surface area (TPSA) is 48.0 Å². The number of rotatable bonds is 4. The predicted octanol–water partition coefficient (Wildman–Crippen LogP) is 0.548. The van der Waals surface area contributed by atoms with Gasteiger partial charge in [-0.2, -0.15) is 5.06 Å². The van der Waals surface area contributed by atoms with Gasteiger partial charge in [-0.3, -0.25) is 9.63 Å². The normalized spacial score (nSPS) is 27.9. The summed E-state index contributed by atoms with van der Waals surface area (Å²) < 4.78 is 10.2. The number of hydrogen-bond donors (Lipinski definition) is 0. The zero-order valence-corrected chi connectivity index (χ0v) is 8.86. The lowest BCUT2D eigenvalue weighted by molar-refractivity contribution is -0.228. The molecule has 0 bridgehead atoms. The van der Waals surface area contributed by atoms with Crippen molar-refractivity contribution in [1.82, 2.24) is 5.06 Å². The summed E-state index contributed by atoms with van der Waals surface area (Å²) in [5.41, 5.74) is 0.